The second-order valence-corrected chi connectivity index (χ2v) is 5.82. The third-order valence-electron chi connectivity index (χ3n) is 4.29. The molecular weight excluding hydrogens is 346 g/mol. The highest BCUT2D eigenvalue weighted by atomic mass is 16.5. The number of aromatic nitrogens is 5. The number of fused-ring (bicyclic) bond motifs is 1. The van der Waals surface area contributed by atoms with Crippen LogP contribution in [0.3, 0.4) is 0 Å². The minimum absolute atomic E-state index is 0.492. The van der Waals surface area contributed by atoms with Crippen molar-refractivity contribution >= 4 is 11.1 Å². The van der Waals surface area contributed by atoms with Gasteiger partial charge in [-0.1, -0.05) is 5.16 Å². The molecule has 1 N–H and O–H groups in total. The number of ether oxygens (including phenoxy) is 1. The quantitative estimate of drug-likeness (QED) is 0.518. The fraction of sp³-hybridized carbons (Fsp3) is 0.0526. The number of hydrogen-bond donors (Lipinski definition) is 1. The van der Waals surface area contributed by atoms with Gasteiger partial charge in [0.2, 0.25) is 12.2 Å². The summed E-state index contributed by atoms with van der Waals surface area (Å²) in [4.78, 5) is 8.51. The maximum atomic E-state index is 6.17. The molecule has 0 spiro atoms. The van der Waals surface area contributed by atoms with Crippen LogP contribution in [0.2, 0.25) is 0 Å². The van der Waals surface area contributed by atoms with Crippen molar-refractivity contribution in [1.82, 2.24) is 25.3 Å². The van der Waals surface area contributed by atoms with Crippen LogP contribution >= 0.6 is 0 Å². The minimum atomic E-state index is 0.492. The summed E-state index contributed by atoms with van der Waals surface area (Å²) in [6.45, 7) is 0. The van der Waals surface area contributed by atoms with Crippen molar-refractivity contribution in [3.8, 4) is 39.7 Å². The Bertz CT molecular complexity index is 1210. The molecule has 132 valence electrons. The van der Waals surface area contributed by atoms with E-state index in [0.29, 0.717) is 22.9 Å². The molecule has 0 amide bonds. The number of hydrogen-bond acceptors (Lipinski definition) is 7. The lowest BCUT2D eigenvalue weighted by atomic mass is 10.1. The Labute approximate surface area is 152 Å². The van der Waals surface area contributed by atoms with Gasteiger partial charge in [-0.05, 0) is 30.3 Å². The van der Waals surface area contributed by atoms with E-state index in [1.54, 1.807) is 19.5 Å². The molecule has 0 radical (unpaired) electrons. The van der Waals surface area contributed by atoms with Crippen LogP contribution in [0.15, 0.2) is 64.1 Å². The van der Waals surface area contributed by atoms with Gasteiger partial charge in [0.1, 0.15) is 17.0 Å². The van der Waals surface area contributed by atoms with Gasteiger partial charge in [0.05, 0.1) is 18.4 Å². The van der Waals surface area contributed by atoms with Gasteiger partial charge in [-0.15, -0.1) is 0 Å². The number of rotatable bonds is 4. The predicted molar refractivity (Wildman–Crippen MR) is 96.9 cm³/mol. The summed E-state index contributed by atoms with van der Waals surface area (Å²) < 4.78 is 16.5. The van der Waals surface area contributed by atoms with E-state index in [2.05, 4.69) is 25.3 Å². The van der Waals surface area contributed by atoms with Crippen LogP contribution in [0.25, 0.3) is 45.1 Å². The molecule has 1 aromatic carbocycles. The first kappa shape index (κ1) is 15.3. The number of nitrogens with zero attached hydrogens (tertiary/aromatic N) is 4. The highest BCUT2D eigenvalue weighted by molar-refractivity contribution is 5.92. The van der Waals surface area contributed by atoms with E-state index >= 15 is 0 Å². The van der Waals surface area contributed by atoms with Crippen LogP contribution < -0.4 is 4.74 Å². The third-order valence-corrected chi connectivity index (χ3v) is 4.29. The van der Waals surface area contributed by atoms with Crippen molar-refractivity contribution in [3.63, 3.8) is 0 Å². The zero-order valence-electron chi connectivity index (χ0n) is 14.2. The third kappa shape index (κ3) is 2.54. The SMILES string of the molecule is COc1ccc(-c2ncon2)cc1-c1cc2nccc(-c3ccn[nH]3)c2o1. The van der Waals surface area contributed by atoms with Crippen LogP contribution in [0.1, 0.15) is 0 Å². The van der Waals surface area contributed by atoms with E-state index in [0.717, 1.165) is 27.9 Å². The summed E-state index contributed by atoms with van der Waals surface area (Å²) in [7, 11) is 1.61. The maximum Gasteiger partial charge on any atom is 0.214 e. The lowest BCUT2D eigenvalue weighted by Crippen LogP contribution is -1.89. The number of methoxy groups -OCH3 is 1. The molecule has 0 fully saturated rings. The topological polar surface area (TPSA) is 103 Å². The van der Waals surface area contributed by atoms with Crippen molar-refractivity contribution in [2.24, 2.45) is 0 Å². The maximum absolute atomic E-state index is 6.17. The fourth-order valence-electron chi connectivity index (χ4n) is 3.03. The largest absolute Gasteiger partial charge is 0.496 e. The number of nitrogens with one attached hydrogen (secondary N) is 1. The van der Waals surface area contributed by atoms with E-state index in [4.69, 9.17) is 13.7 Å². The zero-order valence-corrected chi connectivity index (χ0v) is 14.2. The van der Waals surface area contributed by atoms with Gasteiger partial charge >= 0.3 is 0 Å². The van der Waals surface area contributed by atoms with Gasteiger partial charge in [-0.25, -0.2) is 0 Å². The Hall–Kier alpha value is -3.94. The summed E-state index contributed by atoms with van der Waals surface area (Å²) >= 11 is 0. The first-order valence-corrected chi connectivity index (χ1v) is 8.17. The molecule has 5 rings (SSSR count). The predicted octanol–water partition coefficient (Wildman–Crippen LogP) is 3.94. The second-order valence-electron chi connectivity index (χ2n) is 5.82. The van der Waals surface area contributed by atoms with Crippen molar-refractivity contribution in [1.29, 1.82) is 0 Å². The Morgan fingerprint density at radius 1 is 1.00 bits per heavy atom. The van der Waals surface area contributed by atoms with E-state index in [1.807, 2.05) is 36.4 Å². The molecule has 0 atom stereocenters. The Kier molecular flexibility index (Phi) is 3.46. The molecule has 0 unspecified atom stereocenters. The summed E-state index contributed by atoms with van der Waals surface area (Å²) in [5.41, 5.74) is 4.72. The van der Waals surface area contributed by atoms with E-state index in [9.17, 15) is 0 Å². The molecule has 0 aliphatic heterocycles. The second kappa shape index (κ2) is 6.10. The van der Waals surface area contributed by atoms with E-state index in [-0.39, 0.29) is 0 Å². The molecule has 0 saturated carbocycles. The molecule has 27 heavy (non-hydrogen) atoms. The highest BCUT2D eigenvalue weighted by Gasteiger charge is 2.17. The molecule has 8 nitrogen and oxygen atoms in total. The molecule has 8 heteroatoms. The Morgan fingerprint density at radius 3 is 2.74 bits per heavy atom. The molecule has 4 aromatic heterocycles. The average molecular weight is 359 g/mol. The zero-order chi connectivity index (χ0) is 18.2. The smallest absolute Gasteiger partial charge is 0.214 e. The van der Waals surface area contributed by atoms with Gasteiger partial charge < -0.3 is 13.7 Å². The van der Waals surface area contributed by atoms with Crippen LogP contribution in [-0.4, -0.2) is 32.4 Å². The van der Waals surface area contributed by atoms with E-state index in [1.165, 1.54) is 6.39 Å². The standard InChI is InChI=1S/C19H13N5O3/c1-25-16-3-2-11(19-21-10-26-24-19)8-13(16)17-9-15-18(27-17)12(4-6-20-15)14-5-7-22-23-14/h2-10H,1H3,(H,22,23). The fourth-order valence-corrected chi connectivity index (χ4v) is 3.03. The monoisotopic (exact) mass is 359 g/mol. The van der Waals surface area contributed by atoms with Gasteiger partial charge in [-0.3, -0.25) is 10.1 Å². The number of furan rings is 1. The summed E-state index contributed by atoms with van der Waals surface area (Å²) in [5, 5.41) is 10.8. The highest BCUT2D eigenvalue weighted by Crippen LogP contribution is 2.38. The molecular formula is C19H13N5O3. The lowest BCUT2D eigenvalue weighted by molar-refractivity contribution is 0.414. The van der Waals surface area contributed by atoms with Gasteiger partial charge in [0, 0.05) is 29.6 Å². The molecule has 0 aliphatic carbocycles. The summed E-state index contributed by atoms with van der Waals surface area (Å²) in [6.07, 6.45) is 4.73. The van der Waals surface area contributed by atoms with Crippen molar-refractivity contribution < 1.29 is 13.7 Å². The molecule has 0 aliphatic rings. The number of H-pyrrole nitrogens is 1. The Morgan fingerprint density at radius 2 is 1.96 bits per heavy atom. The molecule has 4 heterocycles. The number of benzene rings is 1. The molecule has 5 aromatic rings. The summed E-state index contributed by atoms with van der Waals surface area (Å²) in [5.74, 6) is 1.79. The first-order chi connectivity index (χ1) is 13.3. The van der Waals surface area contributed by atoms with Gasteiger partial charge in [0.15, 0.2) is 5.58 Å². The minimum Gasteiger partial charge on any atom is -0.496 e. The van der Waals surface area contributed by atoms with Crippen LogP contribution in [0.5, 0.6) is 5.75 Å². The number of aromatic amines is 1. The summed E-state index contributed by atoms with van der Waals surface area (Å²) in [6, 6.07) is 11.3. The normalized spacial score (nSPS) is 11.1. The average Bonchev–Trinajstić information content (AvgIpc) is 3.48. The molecule has 0 saturated heterocycles. The van der Waals surface area contributed by atoms with Crippen molar-refractivity contribution in [2.45, 2.75) is 0 Å². The van der Waals surface area contributed by atoms with Gasteiger partial charge in [0.25, 0.3) is 0 Å². The first-order valence-electron chi connectivity index (χ1n) is 8.17. The van der Waals surface area contributed by atoms with E-state index < -0.39 is 0 Å². The molecule has 0 bridgehead atoms. The van der Waals surface area contributed by atoms with Crippen molar-refractivity contribution in [2.75, 3.05) is 7.11 Å². The Balaban J connectivity index is 1.69. The number of pyridine rings is 1. The van der Waals surface area contributed by atoms with Crippen molar-refractivity contribution in [3.05, 3.63) is 55.2 Å². The van der Waals surface area contributed by atoms with Crippen LogP contribution in [0.4, 0.5) is 0 Å². The van der Waals surface area contributed by atoms with Gasteiger partial charge in [-0.2, -0.15) is 10.1 Å². The van der Waals surface area contributed by atoms with Crippen LogP contribution in [-0.2, 0) is 0 Å². The lowest BCUT2D eigenvalue weighted by Gasteiger charge is -2.07. The van der Waals surface area contributed by atoms with Crippen LogP contribution in [0, 0.1) is 0 Å².